The molecule has 1 fully saturated rings. The van der Waals surface area contributed by atoms with Crippen LogP contribution in [0.25, 0.3) is 0 Å². The number of allylic oxidation sites excluding steroid dienone is 1. The highest BCUT2D eigenvalue weighted by Crippen LogP contribution is 2.17. The minimum Gasteiger partial charge on any atom is -0.463 e. The normalized spacial score (nSPS) is 18.5. The van der Waals surface area contributed by atoms with Gasteiger partial charge in [0.05, 0.1) is 19.3 Å². The number of carbonyl (C=O) groups is 1. The third kappa shape index (κ3) is 8.93. The SMILES string of the molecule is CC=CC(=O)OCCCCCCCCC1CO1. The number of esters is 1. The summed E-state index contributed by atoms with van der Waals surface area (Å²) < 4.78 is 10.2. The molecule has 1 saturated heterocycles. The van der Waals surface area contributed by atoms with Crippen molar-refractivity contribution in [3.63, 3.8) is 0 Å². The van der Waals surface area contributed by atoms with Crippen LogP contribution < -0.4 is 0 Å². The van der Waals surface area contributed by atoms with Gasteiger partial charge in [-0.2, -0.15) is 0 Å². The molecule has 17 heavy (non-hydrogen) atoms. The van der Waals surface area contributed by atoms with E-state index in [0.717, 1.165) is 19.4 Å². The summed E-state index contributed by atoms with van der Waals surface area (Å²) in [6.07, 6.45) is 12.2. The van der Waals surface area contributed by atoms with Crippen LogP contribution in [0.4, 0.5) is 0 Å². The molecule has 0 spiro atoms. The molecule has 0 bridgehead atoms. The molecule has 0 aromatic carbocycles. The first-order valence-corrected chi connectivity index (χ1v) is 6.74. The first kappa shape index (κ1) is 14.2. The van der Waals surface area contributed by atoms with Gasteiger partial charge in [-0.3, -0.25) is 0 Å². The molecule has 1 unspecified atom stereocenters. The van der Waals surface area contributed by atoms with E-state index < -0.39 is 0 Å². The third-order valence-electron chi connectivity index (χ3n) is 2.87. The van der Waals surface area contributed by atoms with Gasteiger partial charge in [0, 0.05) is 6.08 Å². The van der Waals surface area contributed by atoms with Crippen LogP contribution in [-0.4, -0.2) is 25.3 Å². The molecule has 0 radical (unpaired) electrons. The summed E-state index contributed by atoms with van der Waals surface area (Å²) in [5, 5.41) is 0. The fourth-order valence-electron chi connectivity index (χ4n) is 1.77. The fourth-order valence-corrected chi connectivity index (χ4v) is 1.77. The number of hydrogen-bond acceptors (Lipinski definition) is 3. The Morgan fingerprint density at radius 2 is 1.88 bits per heavy atom. The minimum atomic E-state index is -0.225. The molecular formula is C14H24O3. The van der Waals surface area contributed by atoms with E-state index in [1.165, 1.54) is 38.2 Å². The lowest BCUT2D eigenvalue weighted by Gasteiger charge is -2.02. The van der Waals surface area contributed by atoms with Gasteiger partial charge in [0.15, 0.2) is 0 Å². The van der Waals surface area contributed by atoms with Crippen LogP contribution in [0.15, 0.2) is 12.2 Å². The molecule has 0 N–H and O–H groups in total. The van der Waals surface area contributed by atoms with Crippen LogP contribution in [0.5, 0.6) is 0 Å². The molecule has 0 aliphatic carbocycles. The Labute approximate surface area is 104 Å². The highest BCUT2D eigenvalue weighted by molar-refractivity contribution is 5.81. The molecule has 98 valence electrons. The van der Waals surface area contributed by atoms with Crippen molar-refractivity contribution >= 4 is 5.97 Å². The number of ether oxygens (including phenoxy) is 2. The second-order valence-electron chi connectivity index (χ2n) is 4.53. The van der Waals surface area contributed by atoms with Crippen molar-refractivity contribution < 1.29 is 14.3 Å². The Balaban J connectivity index is 1.73. The number of rotatable bonds is 10. The predicted molar refractivity (Wildman–Crippen MR) is 67.8 cm³/mol. The average molecular weight is 240 g/mol. The Hall–Kier alpha value is -0.830. The van der Waals surface area contributed by atoms with Crippen molar-refractivity contribution in [1.29, 1.82) is 0 Å². The van der Waals surface area contributed by atoms with E-state index in [9.17, 15) is 4.79 Å². The van der Waals surface area contributed by atoms with Gasteiger partial charge < -0.3 is 9.47 Å². The van der Waals surface area contributed by atoms with Crippen molar-refractivity contribution in [1.82, 2.24) is 0 Å². The molecule has 1 heterocycles. The second-order valence-corrected chi connectivity index (χ2v) is 4.53. The second kappa shape index (κ2) is 9.23. The van der Waals surface area contributed by atoms with E-state index in [4.69, 9.17) is 9.47 Å². The standard InChI is InChI=1S/C14H24O3/c1-2-9-14(15)16-11-8-6-4-3-5-7-10-13-12-17-13/h2,9,13H,3-8,10-12H2,1H3. The number of hydrogen-bond donors (Lipinski definition) is 0. The van der Waals surface area contributed by atoms with Crippen LogP contribution in [-0.2, 0) is 14.3 Å². The topological polar surface area (TPSA) is 38.8 Å². The number of epoxide rings is 1. The number of unbranched alkanes of at least 4 members (excludes halogenated alkanes) is 5. The van der Waals surface area contributed by atoms with Crippen LogP contribution in [0.1, 0.15) is 51.9 Å². The van der Waals surface area contributed by atoms with Gasteiger partial charge in [0.2, 0.25) is 0 Å². The molecule has 0 aromatic rings. The zero-order chi connectivity index (χ0) is 12.3. The molecular weight excluding hydrogens is 216 g/mol. The van der Waals surface area contributed by atoms with Crippen LogP contribution in [0.2, 0.25) is 0 Å². The Morgan fingerprint density at radius 3 is 2.53 bits per heavy atom. The molecule has 1 atom stereocenters. The quantitative estimate of drug-likeness (QED) is 0.255. The first-order valence-electron chi connectivity index (χ1n) is 6.74. The lowest BCUT2D eigenvalue weighted by atomic mass is 10.1. The average Bonchev–Trinajstić information content (AvgIpc) is 3.11. The van der Waals surface area contributed by atoms with Crippen LogP contribution in [0, 0.1) is 0 Å². The fraction of sp³-hybridized carbons (Fsp3) is 0.786. The summed E-state index contributed by atoms with van der Waals surface area (Å²) in [5.41, 5.74) is 0. The Kier molecular flexibility index (Phi) is 7.72. The number of carbonyl (C=O) groups excluding carboxylic acids is 1. The molecule has 3 heteroatoms. The van der Waals surface area contributed by atoms with E-state index in [2.05, 4.69) is 0 Å². The van der Waals surface area contributed by atoms with Gasteiger partial charge in [0.1, 0.15) is 0 Å². The molecule has 0 aromatic heterocycles. The van der Waals surface area contributed by atoms with Gasteiger partial charge in [-0.15, -0.1) is 0 Å². The maximum atomic E-state index is 11.0. The van der Waals surface area contributed by atoms with Gasteiger partial charge in [-0.05, 0) is 19.8 Å². The molecule has 1 aliphatic rings. The molecule has 1 aliphatic heterocycles. The van der Waals surface area contributed by atoms with Crippen molar-refractivity contribution in [2.24, 2.45) is 0 Å². The van der Waals surface area contributed by atoms with E-state index >= 15 is 0 Å². The van der Waals surface area contributed by atoms with Crippen LogP contribution in [0.3, 0.4) is 0 Å². The zero-order valence-electron chi connectivity index (χ0n) is 10.8. The van der Waals surface area contributed by atoms with Gasteiger partial charge >= 0.3 is 5.97 Å². The summed E-state index contributed by atoms with van der Waals surface area (Å²) in [6, 6.07) is 0. The first-order chi connectivity index (χ1) is 8.33. The molecule has 0 amide bonds. The van der Waals surface area contributed by atoms with Gasteiger partial charge in [-0.1, -0.05) is 38.2 Å². The Bertz CT molecular complexity index is 232. The summed E-state index contributed by atoms with van der Waals surface area (Å²) in [4.78, 5) is 11.0. The monoisotopic (exact) mass is 240 g/mol. The van der Waals surface area contributed by atoms with Gasteiger partial charge in [-0.25, -0.2) is 4.79 Å². The minimum absolute atomic E-state index is 0.225. The highest BCUT2D eigenvalue weighted by atomic mass is 16.6. The van der Waals surface area contributed by atoms with E-state index in [-0.39, 0.29) is 5.97 Å². The van der Waals surface area contributed by atoms with Gasteiger partial charge in [0.25, 0.3) is 0 Å². The predicted octanol–water partition coefficient (Wildman–Crippen LogP) is 3.24. The van der Waals surface area contributed by atoms with Crippen LogP contribution >= 0.6 is 0 Å². The van der Waals surface area contributed by atoms with E-state index in [1.54, 1.807) is 6.08 Å². The lowest BCUT2D eigenvalue weighted by molar-refractivity contribution is -0.137. The molecule has 3 nitrogen and oxygen atoms in total. The summed E-state index contributed by atoms with van der Waals surface area (Å²) >= 11 is 0. The summed E-state index contributed by atoms with van der Waals surface area (Å²) in [6.45, 7) is 3.35. The van der Waals surface area contributed by atoms with E-state index in [0.29, 0.717) is 12.7 Å². The largest absolute Gasteiger partial charge is 0.463 e. The highest BCUT2D eigenvalue weighted by Gasteiger charge is 2.20. The summed E-state index contributed by atoms with van der Waals surface area (Å²) in [5.74, 6) is -0.225. The zero-order valence-corrected chi connectivity index (χ0v) is 10.8. The molecule has 1 rings (SSSR count). The van der Waals surface area contributed by atoms with E-state index in [1.807, 2.05) is 6.92 Å². The maximum absolute atomic E-state index is 11.0. The summed E-state index contributed by atoms with van der Waals surface area (Å²) in [7, 11) is 0. The van der Waals surface area contributed by atoms with Crippen molar-refractivity contribution in [2.45, 2.75) is 58.0 Å². The lowest BCUT2D eigenvalue weighted by Crippen LogP contribution is -2.01. The smallest absolute Gasteiger partial charge is 0.330 e. The maximum Gasteiger partial charge on any atom is 0.330 e. The third-order valence-corrected chi connectivity index (χ3v) is 2.87. The van der Waals surface area contributed by atoms with Crippen molar-refractivity contribution in [3.05, 3.63) is 12.2 Å². The van der Waals surface area contributed by atoms with Crippen molar-refractivity contribution in [2.75, 3.05) is 13.2 Å². The molecule has 0 saturated carbocycles. The Morgan fingerprint density at radius 1 is 1.24 bits per heavy atom. The van der Waals surface area contributed by atoms with Crippen molar-refractivity contribution in [3.8, 4) is 0 Å².